The summed E-state index contributed by atoms with van der Waals surface area (Å²) in [6.07, 6.45) is 1.49. The van der Waals surface area contributed by atoms with E-state index in [1.165, 1.54) is 6.20 Å². The lowest BCUT2D eigenvalue weighted by atomic mass is 10.1. The van der Waals surface area contributed by atoms with Gasteiger partial charge in [-0.15, -0.1) is 0 Å². The van der Waals surface area contributed by atoms with E-state index in [-0.39, 0.29) is 4.90 Å². The number of hydrogen-bond donors (Lipinski definition) is 0. The van der Waals surface area contributed by atoms with Crippen molar-refractivity contribution < 1.29 is 8.42 Å². The van der Waals surface area contributed by atoms with Crippen LogP contribution in [0.15, 0.2) is 70.6 Å². The van der Waals surface area contributed by atoms with E-state index in [1.54, 1.807) is 30.3 Å². The van der Waals surface area contributed by atoms with Crippen molar-refractivity contribution in [1.82, 2.24) is 9.88 Å². The first kappa shape index (κ1) is 19.9. The lowest BCUT2D eigenvalue weighted by molar-refractivity contribution is 0.231. The summed E-state index contributed by atoms with van der Waals surface area (Å²) in [5.74, 6) is 0.672. The first-order valence-corrected chi connectivity index (χ1v) is 11.6. The number of aromatic nitrogens is 1. The third-order valence-electron chi connectivity index (χ3n) is 5.36. The Morgan fingerprint density at radius 3 is 2.34 bits per heavy atom. The van der Waals surface area contributed by atoms with Gasteiger partial charge in [0.1, 0.15) is 0 Å². The van der Waals surface area contributed by atoms with Crippen LogP contribution >= 0.6 is 0 Å². The molecule has 1 fully saturated rings. The molecule has 2 aromatic carbocycles. The van der Waals surface area contributed by atoms with Gasteiger partial charge >= 0.3 is 0 Å². The summed E-state index contributed by atoms with van der Waals surface area (Å²) in [6.45, 7) is 9.62. The van der Waals surface area contributed by atoms with Crippen LogP contribution < -0.4 is 4.90 Å². The first-order chi connectivity index (χ1) is 13.9. The Balaban J connectivity index is 1.62. The Kier molecular flexibility index (Phi) is 5.56. The molecule has 29 heavy (non-hydrogen) atoms. The third kappa shape index (κ3) is 4.14. The number of nitrogens with zero attached hydrogens (tertiary/aromatic N) is 3. The van der Waals surface area contributed by atoms with Crippen LogP contribution in [0.3, 0.4) is 0 Å². The maximum absolute atomic E-state index is 12.9. The summed E-state index contributed by atoms with van der Waals surface area (Å²) in [5, 5.41) is 0.851. The minimum atomic E-state index is -3.57. The molecule has 1 aliphatic heterocycles. The number of rotatable bonds is 5. The second kappa shape index (κ2) is 8.13. The fourth-order valence-electron chi connectivity index (χ4n) is 3.95. The zero-order valence-corrected chi connectivity index (χ0v) is 17.8. The van der Waals surface area contributed by atoms with Gasteiger partial charge < -0.3 is 4.90 Å². The minimum Gasteiger partial charge on any atom is -0.367 e. The van der Waals surface area contributed by atoms with Crippen LogP contribution in [0.2, 0.25) is 0 Å². The second-order valence-corrected chi connectivity index (χ2v) is 9.97. The molecule has 4 rings (SSSR count). The van der Waals surface area contributed by atoms with Crippen molar-refractivity contribution in [2.45, 2.75) is 23.6 Å². The quantitative estimate of drug-likeness (QED) is 0.641. The van der Waals surface area contributed by atoms with Gasteiger partial charge in [0, 0.05) is 44.3 Å². The number of fused-ring (bicyclic) bond motifs is 1. The van der Waals surface area contributed by atoms with Gasteiger partial charge in [-0.1, -0.05) is 44.2 Å². The molecular weight excluding hydrogens is 382 g/mol. The van der Waals surface area contributed by atoms with Gasteiger partial charge in [0.25, 0.3) is 0 Å². The Hall–Kier alpha value is -2.44. The molecule has 0 saturated carbocycles. The minimum absolute atomic E-state index is 0.232. The second-order valence-electron chi connectivity index (χ2n) is 8.02. The third-order valence-corrected chi connectivity index (χ3v) is 7.10. The summed E-state index contributed by atoms with van der Waals surface area (Å²) in [5.41, 5.74) is 1.94. The van der Waals surface area contributed by atoms with Crippen LogP contribution in [0.1, 0.15) is 13.8 Å². The van der Waals surface area contributed by atoms with E-state index in [0.29, 0.717) is 10.8 Å². The number of hydrogen-bond acceptors (Lipinski definition) is 5. The van der Waals surface area contributed by atoms with Gasteiger partial charge in [0.05, 0.1) is 21.0 Å². The molecule has 152 valence electrons. The topological polar surface area (TPSA) is 53.5 Å². The van der Waals surface area contributed by atoms with Crippen LogP contribution in [-0.4, -0.2) is 51.0 Å². The number of sulfone groups is 1. The predicted molar refractivity (Wildman–Crippen MR) is 117 cm³/mol. The zero-order valence-electron chi connectivity index (χ0n) is 17.0. The van der Waals surface area contributed by atoms with Crippen molar-refractivity contribution in [3.63, 3.8) is 0 Å². The molecule has 1 aliphatic rings. The van der Waals surface area contributed by atoms with Gasteiger partial charge in [-0.2, -0.15) is 0 Å². The summed E-state index contributed by atoms with van der Waals surface area (Å²) in [6, 6.07) is 16.3. The summed E-state index contributed by atoms with van der Waals surface area (Å²) in [4.78, 5) is 9.97. The van der Waals surface area contributed by atoms with Crippen molar-refractivity contribution in [2.24, 2.45) is 5.92 Å². The Morgan fingerprint density at radius 1 is 0.931 bits per heavy atom. The van der Waals surface area contributed by atoms with Gasteiger partial charge in [0.15, 0.2) is 0 Å². The zero-order chi connectivity index (χ0) is 20.4. The van der Waals surface area contributed by atoms with Crippen molar-refractivity contribution in [3.05, 3.63) is 60.8 Å². The van der Waals surface area contributed by atoms with E-state index in [0.717, 1.165) is 49.3 Å². The van der Waals surface area contributed by atoms with Crippen LogP contribution in [-0.2, 0) is 9.84 Å². The maximum atomic E-state index is 12.9. The number of benzene rings is 2. The van der Waals surface area contributed by atoms with Crippen molar-refractivity contribution in [1.29, 1.82) is 0 Å². The molecule has 0 unspecified atom stereocenters. The highest BCUT2D eigenvalue weighted by Gasteiger charge is 2.22. The lowest BCUT2D eigenvalue weighted by Crippen LogP contribution is -2.47. The average molecular weight is 410 g/mol. The highest BCUT2D eigenvalue weighted by molar-refractivity contribution is 7.91. The van der Waals surface area contributed by atoms with E-state index in [4.69, 9.17) is 0 Å². The van der Waals surface area contributed by atoms with Gasteiger partial charge in [-0.05, 0) is 30.2 Å². The number of para-hydroxylation sites is 1. The highest BCUT2D eigenvalue weighted by atomic mass is 32.2. The SMILES string of the molecule is CC(C)CN1CCN(c2cccc3cc(S(=O)(=O)c4ccccc4)cnc23)CC1. The van der Waals surface area contributed by atoms with Gasteiger partial charge in [-0.3, -0.25) is 9.88 Å². The summed E-state index contributed by atoms with van der Waals surface area (Å²) in [7, 11) is -3.57. The lowest BCUT2D eigenvalue weighted by Gasteiger charge is -2.37. The fraction of sp³-hybridized carbons (Fsp3) is 0.348. The Bertz CT molecular complexity index is 1090. The van der Waals surface area contributed by atoms with Gasteiger partial charge in [0.2, 0.25) is 9.84 Å². The normalized spacial score (nSPS) is 15.9. The number of piperazine rings is 1. The molecule has 0 radical (unpaired) electrons. The first-order valence-electron chi connectivity index (χ1n) is 10.1. The molecule has 0 spiro atoms. The van der Waals surface area contributed by atoms with Crippen LogP contribution in [0.4, 0.5) is 5.69 Å². The van der Waals surface area contributed by atoms with E-state index in [2.05, 4.69) is 34.7 Å². The monoisotopic (exact) mass is 409 g/mol. The Morgan fingerprint density at radius 2 is 1.66 bits per heavy atom. The van der Waals surface area contributed by atoms with Crippen molar-refractivity contribution in [3.8, 4) is 0 Å². The molecule has 0 aliphatic carbocycles. The number of anilines is 1. The number of pyridine rings is 1. The highest BCUT2D eigenvalue weighted by Crippen LogP contribution is 2.29. The molecule has 1 aromatic heterocycles. The van der Waals surface area contributed by atoms with Crippen molar-refractivity contribution in [2.75, 3.05) is 37.6 Å². The molecule has 0 N–H and O–H groups in total. The van der Waals surface area contributed by atoms with Crippen LogP contribution in [0.5, 0.6) is 0 Å². The van der Waals surface area contributed by atoms with E-state index < -0.39 is 9.84 Å². The molecule has 0 amide bonds. The maximum Gasteiger partial charge on any atom is 0.208 e. The average Bonchev–Trinajstić information content (AvgIpc) is 2.74. The molecule has 0 atom stereocenters. The molecule has 5 nitrogen and oxygen atoms in total. The van der Waals surface area contributed by atoms with E-state index in [1.807, 2.05) is 18.2 Å². The molecule has 2 heterocycles. The molecular formula is C23H27N3O2S. The molecule has 1 saturated heterocycles. The molecule has 0 bridgehead atoms. The van der Waals surface area contributed by atoms with Crippen LogP contribution in [0, 0.1) is 5.92 Å². The summed E-state index contributed by atoms with van der Waals surface area (Å²) < 4.78 is 25.9. The molecule has 6 heteroatoms. The standard InChI is InChI=1S/C23H27N3O2S/c1-18(2)17-25-11-13-26(14-12-25)22-10-6-7-19-15-21(16-24-23(19)22)29(27,28)20-8-4-3-5-9-20/h3-10,15-16,18H,11-14,17H2,1-2H3. The van der Waals surface area contributed by atoms with Crippen molar-refractivity contribution >= 4 is 26.4 Å². The largest absolute Gasteiger partial charge is 0.367 e. The molecule has 3 aromatic rings. The fourth-order valence-corrected chi connectivity index (χ4v) is 5.21. The van der Waals surface area contributed by atoms with Crippen LogP contribution in [0.25, 0.3) is 10.9 Å². The summed E-state index contributed by atoms with van der Waals surface area (Å²) >= 11 is 0. The Labute approximate surface area is 172 Å². The predicted octanol–water partition coefficient (Wildman–Crippen LogP) is 3.85. The van der Waals surface area contributed by atoms with E-state index >= 15 is 0 Å². The van der Waals surface area contributed by atoms with E-state index in [9.17, 15) is 8.42 Å². The van der Waals surface area contributed by atoms with Gasteiger partial charge in [-0.25, -0.2) is 8.42 Å². The smallest absolute Gasteiger partial charge is 0.208 e.